The molecular formula is C27H26N4O7S. The number of carbonyl (C=O) groups excluding carboxylic acids is 5. The third kappa shape index (κ3) is 5.19. The summed E-state index contributed by atoms with van der Waals surface area (Å²) in [5.74, 6) is -0.522. The Hall–Kier alpha value is -4.32. The van der Waals surface area contributed by atoms with Gasteiger partial charge in [0.1, 0.15) is 0 Å². The largest absolute Gasteiger partial charge is 0.493 e. The maximum atomic E-state index is 12.7. The second kappa shape index (κ2) is 10.8. The zero-order valence-electron chi connectivity index (χ0n) is 21.3. The molecule has 5 amide bonds. The fourth-order valence-electron chi connectivity index (χ4n) is 4.89. The van der Waals surface area contributed by atoms with Crippen LogP contribution in [0.3, 0.4) is 0 Å². The van der Waals surface area contributed by atoms with Gasteiger partial charge in [0.2, 0.25) is 5.91 Å². The molecule has 0 saturated carbocycles. The van der Waals surface area contributed by atoms with Crippen molar-refractivity contribution >= 4 is 52.4 Å². The molecule has 0 spiro atoms. The molecule has 39 heavy (non-hydrogen) atoms. The molecule has 1 unspecified atom stereocenters. The quantitative estimate of drug-likeness (QED) is 0.375. The molecule has 5 rings (SSSR count). The van der Waals surface area contributed by atoms with E-state index in [4.69, 9.17) is 9.47 Å². The van der Waals surface area contributed by atoms with Crippen LogP contribution < -0.4 is 25.0 Å². The minimum Gasteiger partial charge on any atom is -0.493 e. The Morgan fingerprint density at radius 2 is 1.74 bits per heavy atom. The first-order valence-electron chi connectivity index (χ1n) is 12.3. The number of benzene rings is 2. The van der Waals surface area contributed by atoms with E-state index >= 15 is 0 Å². The predicted octanol–water partition coefficient (Wildman–Crippen LogP) is 2.41. The summed E-state index contributed by atoms with van der Waals surface area (Å²) < 4.78 is 10.9. The van der Waals surface area contributed by atoms with E-state index in [9.17, 15) is 24.0 Å². The monoisotopic (exact) mass is 550 g/mol. The number of carbonyl (C=O) groups is 5. The van der Waals surface area contributed by atoms with Crippen molar-refractivity contribution in [1.29, 1.82) is 0 Å². The summed E-state index contributed by atoms with van der Waals surface area (Å²) >= 11 is 0.826. The number of methoxy groups -OCH3 is 2. The van der Waals surface area contributed by atoms with E-state index < -0.39 is 11.1 Å². The van der Waals surface area contributed by atoms with Crippen LogP contribution in [-0.4, -0.2) is 73.7 Å². The van der Waals surface area contributed by atoms with Crippen molar-refractivity contribution in [3.8, 4) is 11.5 Å². The Morgan fingerprint density at radius 3 is 2.36 bits per heavy atom. The maximum absolute atomic E-state index is 12.7. The molecule has 202 valence electrons. The van der Waals surface area contributed by atoms with Crippen LogP contribution in [0.2, 0.25) is 0 Å². The van der Waals surface area contributed by atoms with Crippen molar-refractivity contribution in [2.24, 2.45) is 0 Å². The summed E-state index contributed by atoms with van der Waals surface area (Å²) in [6.45, 7) is 1.11. The maximum Gasteiger partial charge on any atom is 0.290 e. The molecule has 2 aromatic carbocycles. The Bertz CT molecular complexity index is 1390. The van der Waals surface area contributed by atoms with Crippen LogP contribution >= 0.6 is 11.8 Å². The molecule has 2 saturated heterocycles. The third-order valence-corrected chi connectivity index (χ3v) is 7.61. The highest BCUT2D eigenvalue weighted by atomic mass is 32.2. The molecule has 3 aliphatic heterocycles. The highest BCUT2D eigenvalue weighted by Gasteiger charge is 2.35. The van der Waals surface area contributed by atoms with Crippen LogP contribution in [0.15, 0.2) is 41.3 Å². The molecule has 0 aliphatic carbocycles. The number of imide groups is 2. The van der Waals surface area contributed by atoms with Crippen molar-refractivity contribution in [2.45, 2.75) is 18.9 Å². The van der Waals surface area contributed by atoms with E-state index in [1.807, 2.05) is 0 Å². The van der Waals surface area contributed by atoms with Crippen LogP contribution in [0.5, 0.6) is 11.5 Å². The van der Waals surface area contributed by atoms with Crippen molar-refractivity contribution in [1.82, 2.24) is 15.5 Å². The SMILES string of the molecule is COc1cc(/C=C2\SC(=O)NC2=O)c(N2CCC(NC(=O)CCN3C(=O)c4ccccc4C3=O)C2)cc1OC. The summed E-state index contributed by atoms with van der Waals surface area (Å²) in [6.07, 6.45) is 2.29. The molecule has 2 fully saturated rings. The number of fused-ring (bicyclic) bond motifs is 1. The number of thioether (sulfide) groups is 1. The second-order valence-corrected chi connectivity index (χ2v) is 10.2. The number of ether oxygens (including phenoxy) is 2. The van der Waals surface area contributed by atoms with Gasteiger partial charge in [-0.15, -0.1) is 0 Å². The first-order chi connectivity index (χ1) is 18.8. The van der Waals surface area contributed by atoms with Gasteiger partial charge >= 0.3 is 0 Å². The van der Waals surface area contributed by atoms with Gasteiger partial charge in [-0.2, -0.15) is 0 Å². The molecule has 0 bridgehead atoms. The molecule has 11 nitrogen and oxygen atoms in total. The average Bonchev–Trinajstić information content (AvgIpc) is 3.59. The molecule has 2 aromatic rings. The fourth-order valence-corrected chi connectivity index (χ4v) is 5.56. The van der Waals surface area contributed by atoms with Crippen molar-refractivity contribution < 1.29 is 33.4 Å². The van der Waals surface area contributed by atoms with E-state index in [0.29, 0.717) is 47.7 Å². The summed E-state index contributed by atoms with van der Waals surface area (Å²) in [6, 6.07) is 10.00. The first-order valence-corrected chi connectivity index (χ1v) is 13.1. The van der Waals surface area contributed by atoms with Gasteiger partial charge in [0.15, 0.2) is 11.5 Å². The smallest absolute Gasteiger partial charge is 0.290 e. The van der Waals surface area contributed by atoms with Crippen molar-refractivity contribution in [3.05, 3.63) is 58.0 Å². The molecule has 2 N–H and O–H groups in total. The predicted molar refractivity (Wildman–Crippen MR) is 144 cm³/mol. The van der Waals surface area contributed by atoms with Gasteiger partial charge in [-0.25, -0.2) is 0 Å². The Balaban J connectivity index is 1.25. The van der Waals surface area contributed by atoms with E-state index in [1.54, 1.807) is 42.5 Å². The van der Waals surface area contributed by atoms with Crippen LogP contribution in [0, 0.1) is 0 Å². The number of anilines is 1. The Morgan fingerprint density at radius 1 is 1.08 bits per heavy atom. The van der Waals surface area contributed by atoms with Gasteiger partial charge in [-0.1, -0.05) is 12.1 Å². The molecule has 3 aliphatic rings. The van der Waals surface area contributed by atoms with E-state index in [1.165, 1.54) is 14.2 Å². The van der Waals surface area contributed by atoms with Gasteiger partial charge in [0.05, 0.1) is 30.3 Å². The summed E-state index contributed by atoms with van der Waals surface area (Å²) in [7, 11) is 3.04. The number of rotatable bonds is 8. The summed E-state index contributed by atoms with van der Waals surface area (Å²) in [5.41, 5.74) is 2.13. The van der Waals surface area contributed by atoms with Crippen LogP contribution in [0.25, 0.3) is 6.08 Å². The normalized spacial score (nSPS) is 19.5. The zero-order valence-corrected chi connectivity index (χ0v) is 22.1. The van der Waals surface area contributed by atoms with Crippen molar-refractivity contribution in [3.63, 3.8) is 0 Å². The minimum absolute atomic E-state index is 0.000460. The molecule has 0 radical (unpaired) electrons. The van der Waals surface area contributed by atoms with Gasteiger partial charge in [0.25, 0.3) is 23.0 Å². The lowest BCUT2D eigenvalue weighted by Gasteiger charge is -2.23. The number of amides is 5. The zero-order chi connectivity index (χ0) is 27.7. The van der Waals surface area contributed by atoms with Gasteiger partial charge < -0.3 is 19.7 Å². The third-order valence-electron chi connectivity index (χ3n) is 6.80. The van der Waals surface area contributed by atoms with Crippen molar-refractivity contribution in [2.75, 3.05) is 38.8 Å². The van der Waals surface area contributed by atoms with Crippen LogP contribution in [0.1, 0.15) is 39.1 Å². The fraction of sp³-hybridized carbons (Fsp3) is 0.296. The highest BCUT2D eigenvalue weighted by Crippen LogP contribution is 2.39. The first kappa shape index (κ1) is 26.3. The van der Waals surface area contributed by atoms with Crippen LogP contribution in [0.4, 0.5) is 10.5 Å². The van der Waals surface area contributed by atoms with E-state index in [2.05, 4.69) is 15.5 Å². The lowest BCUT2D eigenvalue weighted by molar-refractivity contribution is -0.121. The number of nitrogens with one attached hydrogen (secondary N) is 2. The number of hydrogen-bond donors (Lipinski definition) is 2. The molecule has 3 heterocycles. The topological polar surface area (TPSA) is 134 Å². The minimum atomic E-state index is -0.463. The lowest BCUT2D eigenvalue weighted by atomic mass is 10.1. The standard InChI is InChI=1S/C27H26N4O7S/c1-37-20-11-15(12-22-24(33)29-27(36)39-22)19(13-21(20)38-2)30-9-7-16(14-30)28-23(32)8-10-31-25(34)17-5-3-4-6-18(17)26(31)35/h3-6,11-13,16H,7-10,14H2,1-2H3,(H,28,32)(H,29,33,36)/b22-12-. The molecule has 1 atom stereocenters. The summed E-state index contributed by atoms with van der Waals surface area (Å²) in [4.78, 5) is 65.1. The second-order valence-electron chi connectivity index (χ2n) is 9.17. The van der Waals surface area contributed by atoms with Gasteiger partial charge in [-0.05, 0) is 42.5 Å². The summed E-state index contributed by atoms with van der Waals surface area (Å²) in [5, 5.41) is 4.82. The Labute approximate surface area is 228 Å². The number of hydrogen-bond acceptors (Lipinski definition) is 9. The van der Waals surface area contributed by atoms with E-state index in [0.717, 1.165) is 22.3 Å². The molecular weight excluding hydrogens is 524 g/mol. The highest BCUT2D eigenvalue weighted by molar-refractivity contribution is 8.18. The van der Waals surface area contributed by atoms with Crippen LogP contribution in [-0.2, 0) is 9.59 Å². The number of nitrogens with zero attached hydrogens (tertiary/aromatic N) is 2. The molecule has 12 heteroatoms. The molecule has 0 aromatic heterocycles. The van der Waals surface area contributed by atoms with Gasteiger partial charge in [-0.3, -0.25) is 34.2 Å². The lowest BCUT2D eigenvalue weighted by Crippen LogP contribution is -2.40. The van der Waals surface area contributed by atoms with Gasteiger partial charge in [0, 0.05) is 49.4 Å². The average molecular weight is 551 g/mol. The Kier molecular flexibility index (Phi) is 7.29. The van der Waals surface area contributed by atoms with E-state index in [-0.39, 0.29) is 41.6 Å².